The van der Waals surface area contributed by atoms with Crippen molar-refractivity contribution < 1.29 is 163 Å². The summed E-state index contributed by atoms with van der Waals surface area (Å²) < 4.78 is 188. The first-order chi connectivity index (χ1) is 66.4. The maximum atomic E-state index is 13.5. The van der Waals surface area contributed by atoms with Crippen LogP contribution in [-0.2, 0) is 109 Å². The number of amides is 2. The fraction of sp³-hybridized carbons (Fsp3) is 0.157. The topological polar surface area (TPSA) is 675 Å². The molecule has 8 aromatic carbocycles. The normalized spacial score (nSPS) is 15.9. The number of nitrogens with zero attached hydrogens (tertiary/aromatic N) is 10. The smallest absolute Gasteiger partial charge is 0.294 e. The minimum atomic E-state index is -5.38. The fourth-order valence-corrected chi connectivity index (χ4v) is 19.2. The Morgan fingerprint density at radius 3 is 1.64 bits per heavy atom. The van der Waals surface area contributed by atoms with Gasteiger partial charge >= 0.3 is 0 Å². The highest BCUT2D eigenvalue weighted by Gasteiger charge is 2.46. The van der Waals surface area contributed by atoms with Gasteiger partial charge in [0.1, 0.15) is 59.7 Å². The second kappa shape index (κ2) is 43.3. The van der Waals surface area contributed by atoms with Crippen LogP contribution in [-0.4, -0.2) is 160 Å². The SMILES string of the molecule is CC(=O)C1=NN(c2cc(SOO[O-])ccc2SOO[O-])C(=O)C1=C/C=C/c1c(C(C)=O)nn(-c2cc(S(=O)(=O)[O-])ccc2S(=O)(=O)[O-])c1[O-].CCC[N+]1=C(C=CC=CC=CC=C2N(CCS(=O)(=O)[O-])c3ccc4cc(C)ccc4c3C2(C)C)C(C)(C)c2c1ccc1cc(S(=O)(=O)O)ccc21.O=C([O-])C1=NN(c2ccc(SOO[O-])cc2)C(=O)/C1=C\C=C\c1c(C(=O)[O-])nn(-c2ccc(S(=O)(=O)[O-])cc2)c1[O-]. The van der Waals surface area contributed by atoms with Crippen LogP contribution in [0.25, 0.3) is 45.1 Å². The van der Waals surface area contributed by atoms with Gasteiger partial charge in [0.15, 0.2) is 17.3 Å². The van der Waals surface area contributed by atoms with Crippen molar-refractivity contribution in [2.75, 3.05) is 33.8 Å². The first kappa shape index (κ1) is 106. The van der Waals surface area contributed by atoms with Crippen LogP contribution in [0.3, 0.4) is 0 Å². The summed E-state index contributed by atoms with van der Waals surface area (Å²) in [4.78, 5) is 74.3. The number of Topliss-reactive ketones (excluding diaryl/α,β-unsaturated/α-hetero) is 2. The molecule has 141 heavy (non-hydrogen) atoms. The lowest BCUT2D eigenvalue weighted by Crippen LogP contribution is -2.32. The van der Waals surface area contributed by atoms with Crippen LogP contribution in [0.15, 0.2) is 274 Å². The predicted octanol–water partition coefficient (Wildman–Crippen LogP) is 5.12. The summed E-state index contributed by atoms with van der Waals surface area (Å²) in [6.45, 7) is 15.7. The Kier molecular flexibility index (Phi) is 32.7. The molecule has 0 bridgehead atoms. The van der Waals surface area contributed by atoms with Crippen LogP contribution in [0.4, 0.5) is 22.7 Å². The summed E-state index contributed by atoms with van der Waals surface area (Å²) in [5.74, 6) is -9.77. The number of fused-ring (bicyclic) bond motifs is 6. The number of ketones is 2. The zero-order valence-corrected chi connectivity index (χ0v) is 80.4. The van der Waals surface area contributed by atoms with Crippen molar-refractivity contribution >= 4 is 196 Å². The Hall–Kier alpha value is -13.5. The van der Waals surface area contributed by atoms with Crippen LogP contribution in [0, 0.1) is 6.92 Å². The van der Waals surface area contributed by atoms with Gasteiger partial charge in [0, 0.05) is 82.2 Å². The Balaban J connectivity index is 0.000000190. The molecular weight excluding hydrogens is 2010 g/mol. The van der Waals surface area contributed by atoms with E-state index in [9.17, 15) is 130 Å². The third-order valence-electron chi connectivity index (χ3n) is 21.5. The van der Waals surface area contributed by atoms with Crippen molar-refractivity contribution in [2.45, 2.75) is 107 Å². The van der Waals surface area contributed by atoms with E-state index in [4.69, 9.17) is 0 Å². The lowest BCUT2D eigenvalue weighted by atomic mass is 9.79. The van der Waals surface area contributed by atoms with E-state index >= 15 is 0 Å². The number of aromatic carboxylic acids is 1. The minimum absolute atomic E-state index is 0.0582. The summed E-state index contributed by atoms with van der Waals surface area (Å²) in [7, 11) is -24.1. The Bertz CT molecular complexity index is 7770. The van der Waals surface area contributed by atoms with E-state index in [0.29, 0.717) is 63.9 Å². The van der Waals surface area contributed by atoms with Gasteiger partial charge < -0.3 is 68.9 Å². The number of hydrogen-bond donors (Lipinski definition) is 1. The van der Waals surface area contributed by atoms with Gasteiger partial charge in [0.05, 0.1) is 128 Å². The van der Waals surface area contributed by atoms with Crippen molar-refractivity contribution in [3.63, 3.8) is 0 Å². The molecule has 0 saturated heterocycles. The molecule has 6 heterocycles. The number of aryl methyl sites for hydroxylation is 1. The molecule has 0 radical (unpaired) electrons. The van der Waals surface area contributed by atoms with E-state index in [2.05, 4.69) is 125 Å². The molecule has 2 aromatic heterocycles. The minimum Gasteiger partial charge on any atom is -0.858 e. The van der Waals surface area contributed by atoms with E-state index < -0.39 is 169 Å². The lowest BCUT2D eigenvalue weighted by molar-refractivity contribution is -0.777. The molecule has 2 amide bonds. The van der Waals surface area contributed by atoms with Crippen LogP contribution < -0.4 is 51.1 Å². The second-order valence-electron chi connectivity index (χ2n) is 31.3. The largest absolute Gasteiger partial charge is 0.858 e. The van der Waals surface area contributed by atoms with E-state index in [0.717, 1.165) is 159 Å². The Morgan fingerprint density at radius 2 is 1.04 bits per heavy atom. The highest BCUT2D eigenvalue weighted by Crippen LogP contribution is 2.52. The number of rotatable bonds is 34. The predicted molar refractivity (Wildman–Crippen MR) is 487 cm³/mol. The quantitative estimate of drug-likeness (QED) is 0.00799. The van der Waals surface area contributed by atoms with E-state index in [-0.39, 0.29) is 54.0 Å². The first-order valence-electron chi connectivity index (χ1n) is 40.5. The van der Waals surface area contributed by atoms with Crippen molar-refractivity contribution in [1.29, 1.82) is 0 Å². The van der Waals surface area contributed by atoms with Crippen molar-refractivity contribution in [1.82, 2.24) is 19.6 Å². The van der Waals surface area contributed by atoms with Gasteiger partial charge in [-0.15, -0.1) is 0 Å². The molecule has 0 atom stereocenters. The van der Waals surface area contributed by atoms with Crippen molar-refractivity contribution in [3.05, 3.63) is 268 Å². The number of anilines is 3. The molecule has 52 heteroatoms. The standard InChI is InChI=1S/C41H44N2O6S2.C25H20N4O16S4.C23H16N4O12S2/c1-7-23-42-34-22-17-30-27-31(51(47,48)49)18-20-33(30)39(34)40(3,4)36(42)13-11-9-8-10-12-14-37-41(5,6)38-32-19-15-28(2)26-29(32)16-21-35(38)43(37)24-25-50(44,45)46;1-12(30)22-16(24(32)28(26-22)18-10-14(46-44-42-34)6-8-20(18)47-45-43-35)4-3-5-17-23(13(2)31)27-29(25(17)33)19-11-15(48(36,37)38)7-9-21(19)49(39,40)41;28-20-16(18(22(30)31)24-26(20)12-4-8-14(9-5-12)40-39-38-34)2-1-3-17-19(23(32)33)25-27(21(17)29)13-6-10-15(11-7-13)41(35,36)37/h8-22,26-27H,7,23-25H2,1-6H3,(H-,44,45,46,47,48,49);3-11,33-35H,1-2H3,(H,36,37,38)(H,39,40,41);1-11,29,34H,(H,30,31)(H,32,33)(H,35,36,37)/p-10/b;5-3+,16-4?;3-1+,16-2-. The van der Waals surface area contributed by atoms with Gasteiger partial charge in [0.2, 0.25) is 5.69 Å². The van der Waals surface area contributed by atoms with Gasteiger partial charge in [0.25, 0.3) is 21.9 Å². The lowest BCUT2D eigenvalue weighted by Gasteiger charge is -2.27. The van der Waals surface area contributed by atoms with E-state index in [1.807, 2.05) is 59.6 Å². The molecular formula is C89H70N10O34S8-10. The highest BCUT2D eigenvalue weighted by molar-refractivity contribution is 7.95. The Labute approximate surface area is 814 Å². The molecule has 738 valence electrons. The molecule has 0 unspecified atom stereocenters. The maximum absolute atomic E-state index is 13.5. The highest BCUT2D eigenvalue weighted by atomic mass is 32.2. The molecule has 0 saturated carbocycles. The zero-order valence-electron chi connectivity index (χ0n) is 73.8. The molecule has 0 aliphatic carbocycles. The number of hydrogen-bond acceptors (Lipinski definition) is 41. The number of allylic oxidation sites excluding steroid dienone is 12. The summed E-state index contributed by atoms with van der Waals surface area (Å²) >= 11 is 1.38. The molecule has 1 N–H and O–H groups in total. The van der Waals surface area contributed by atoms with Gasteiger partial charge in [-0.25, -0.2) is 43.0 Å². The van der Waals surface area contributed by atoms with Crippen molar-refractivity contribution in [3.8, 4) is 23.1 Å². The van der Waals surface area contributed by atoms with Gasteiger partial charge in [-0.05, 0) is 187 Å². The average Bonchev–Trinajstić information content (AvgIpc) is 1.57. The number of carboxylic acid groups (broad SMARTS) is 2. The van der Waals surface area contributed by atoms with E-state index in [1.165, 1.54) is 54.6 Å². The summed E-state index contributed by atoms with van der Waals surface area (Å²) in [6, 6.07) is 34.0. The number of benzene rings is 8. The molecule has 44 nitrogen and oxygen atoms in total. The summed E-state index contributed by atoms with van der Waals surface area (Å²) in [5.41, 5.74) is 1.22. The van der Waals surface area contributed by atoms with Gasteiger partial charge in [-0.1, -0.05) is 111 Å². The third-order valence-corrected chi connectivity index (χ3v) is 27.4. The molecule has 14 rings (SSSR count). The number of aliphatic carboxylic acids is 1. The van der Waals surface area contributed by atoms with Crippen LogP contribution in [0.1, 0.15) is 104 Å². The molecule has 4 aliphatic rings. The van der Waals surface area contributed by atoms with Crippen LogP contribution in [0.5, 0.6) is 11.8 Å². The fourth-order valence-electron chi connectivity index (χ4n) is 15.4. The van der Waals surface area contributed by atoms with Gasteiger partial charge in [-0.3, -0.25) is 38.8 Å². The number of carboxylic acids is 2. The number of aromatic nitrogens is 4. The first-order valence-corrected chi connectivity index (χ1v) is 49.9. The van der Waals surface area contributed by atoms with Gasteiger partial charge in [-0.2, -0.15) is 56.4 Å². The van der Waals surface area contributed by atoms with Crippen LogP contribution >= 0.6 is 36.1 Å². The average molecular weight is 2080 g/mol. The summed E-state index contributed by atoms with van der Waals surface area (Å²) in [6.07, 6.45) is 20.8. The third kappa shape index (κ3) is 23.7. The molecule has 0 spiro atoms. The monoisotopic (exact) mass is 2080 g/mol. The summed E-state index contributed by atoms with van der Waals surface area (Å²) in [5, 5.41) is 111. The molecule has 0 fully saturated rings. The number of hydrazone groups is 2. The zero-order chi connectivity index (χ0) is 103. The number of carbonyl (C=O) groups excluding carboxylic acids is 6. The second-order valence-corrected chi connectivity index (χ2v) is 40.6. The Morgan fingerprint density at radius 1 is 0.504 bits per heavy atom. The molecule has 10 aromatic rings. The molecule has 4 aliphatic heterocycles. The number of carbonyl (C=O) groups is 6. The van der Waals surface area contributed by atoms with E-state index in [1.54, 1.807) is 6.07 Å². The maximum Gasteiger partial charge on any atom is 0.294 e. The van der Waals surface area contributed by atoms with Crippen molar-refractivity contribution in [2.24, 2.45) is 10.2 Å². The van der Waals surface area contributed by atoms with Crippen LogP contribution in [0.2, 0.25) is 0 Å².